The summed E-state index contributed by atoms with van der Waals surface area (Å²) in [6.45, 7) is 8.97. The first-order valence-corrected chi connectivity index (χ1v) is 18.3. The molecule has 1 atom stereocenters. The molecular formula is C37H72O5. The van der Waals surface area contributed by atoms with E-state index in [9.17, 15) is 14.7 Å². The molecule has 0 amide bonds. The van der Waals surface area contributed by atoms with Gasteiger partial charge in [0.1, 0.15) is 19.3 Å². The van der Waals surface area contributed by atoms with Crippen molar-refractivity contribution in [1.82, 2.24) is 0 Å². The van der Waals surface area contributed by atoms with Crippen molar-refractivity contribution in [3.8, 4) is 0 Å². The van der Waals surface area contributed by atoms with E-state index in [4.69, 9.17) is 9.47 Å². The van der Waals surface area contributed by atoms with Crippen LogP contribution in [0.15, 0.2) is 0 Å². The molecule has 0 saturated carbocycles. The maximum absolute atomic E-state index is 11.9. The van der Waals surface area contributed by atoms with Crippen molar-refractivity contribution in [2.45, 2.75) is 201 Å². The van der Waals surface area contributed by atoms with Crippen LogP contribution in [0.1, 0.15) is 195 Å². The van der Waals surface area contributed by atoms with Crippen molar-refractivity contribution in [2.24, 2.45) is 11.8 Å². The lowest BCUT2D eigenvalue weighted by Gasteiger charge is -2.12. The van der Waals surface area contributed by atoms with E-state index >= 15 is 0 Å². The average Bonchev–Trinajstić information content (AvgIpc) is 2.95. The third-order valence-electron chi connectivity index (χ3n) is 8.20. The predicted molar refractivity (Wildman–Crippen MR) is 178 cm³/mol. The summed E-state index contributed by atoms with van der Waals surface area (Å²) in [4.78, 5) is 23.8. The Kier molecular flexibility index (Phi) is 30.5. The fourth-order valence-electron chi connectivity index (χ4n) is 5.40. The van der Waals surface area contributed by atoms with Crippen LogP contribution in [0, 0.1) is 11.8 Å². The molecule has 0 spiro atoms. The minimum atomic E-state index is -0.955. The Morgan fingerprint density at radius 1 is 0.429 bits per heavy atom. The number of ether oxygens (including phenoxy) is 2. The van der Waals surface area contributed by atoms with Gasteiger partial charge in [-0.2, -0.15) is 0 Å². The van der Waals surface area contributed by atoms with Crippen molar-refractivity contribution in [2.75, 3.05) is 13.2 Å². The monoisotopic (exact) mass is 597 g/mol. The van der Waals surface area contributed by atoms with Gasteiger partial charge in [-0.15, -0.1) is 0 Å². The lowest BCUT2D eigenvalue weighted by Crippen LogP contribution is -2.25. The van der Waals surface area contributed by atoms with E-state index in [2.05, 4.69) is 27.7 Å². The molecule has 0 aliphatic carbocycles. The van der Waals surface area contributed by atoms with E-state index < -0.39 is 6.10 Å². The van der Waals surface area contributed by atoms with Gasteiger partial charge in [0, 0.05) is 12.8 Å². The summed E-state index contributed by atoms with van der Waals surface area (Å²) in [5.74, 6) is 1.10. The summed E-state index contributed by atoms with van der Waals surface area (Å²) in [5, 5.41) is 9.97. The first kappa shape index (κ1) is 40.9. The van der Waals surface area contributed by atoms with Crippen LogP contribution in [0.2, 0.25) is 0 Å². The number of aliphatic hydroxyl groups excluding tert-OH is 1. The molecule has 0 radical (unpaired) electrons. The Bertz CT molecular complexity index is 589. The van der Waals surface area contributed by atoms with Gasteiger partial charge in [0.25, 0.3) is 0 Å². The molecule has 0 saturated heterocycles. The molecule has 1 N–H and O–H groups in total. The fraction of sp³-hybridized carbons (Fsp3) is 0.946. The van der Waals surface area contributed by atoms with Crippen LogP contribution >= 0.6 is 0 Å². The minimum Gasteiger partial charge on any atom is -0.463 e. The second-order valence-electron chi connectivity index (χ2n) is 13.7. The largest absolute Gasteiger partial charge is 0.463 e. The molecule has 0 aromatic heterocycles. The average molecular weight is 597 g/mol. The van der Waals surface area contributed by atoms with E-state index in [-0.39, 0.29) is 25.2 Å². The van der Waals surface area contributed by atoms with Crippen molar-refractivity contribution < 1.29 is 24.2 Å². The van der Waals surface area contributed by atoms with Gasteiger partial charge in [0.05, 0.1) is 0 Å². The zero-order chi connectivity index (χ0) is 31.1. The van der Waals surface area contributed by atoms with E-state index in [0.717, 1.165) is 43.9 Å². The Hall–Kier alpha value is -1.10. The Morgan fingerprint density at radius 2 is 0.667 bits per heavy atom. The van der Waals surface area contributed by atoms with Gasteiger partial charge in [0.2, 0.25) is 0 Å². The van der Waals surface area contributed by atoms with Crippen molar-refractivity contribution in [1.29, 1.82) is 0 Å². The van der Waals surface area contributed by atoms with Crippen molar-refractivity contribution in [3.05, 3.63) is 0 Å². The molecule has 0 unspecified atom stereocenters. The highest BCUT2D eigenvalue weighted by atomic mass is 16.6. The lowest BCUT2D eigenvalue weighted by molar-refractivity contribution is -0.152. The van der Waals surface area contributed by atoms with Gasteiger partial charge in [-0.05, 0) is 24.7 Å². The van der Waals surface area contributed by atoms with Crippen LogP contribution in [0.5, 0.6) is 0 Å². The van der Waals surface area contributed by atoms with Crippen LogP contribution < -0.4 is 0 Å². The highest BCUT2D eigenvalue weighted by Crippen LogP contribution is 2.16. The molecule has 42 heavy (non-hydrogen) atoms. The smallest absolute Gasteiger partial charge is 0.305 e. The summed E-state index contributed by atoms with van der Waals surface area (Å²) in [6.07, 6.45) is 30.2. The fourth-order valence-corrected chi connectivity index (χ4v) is 5.40. The molecule has 0 aromatic carbocycles. The lowest BCUT2D eigenvalue weighted by atomic mass is 10.0. The van der Waals surface area contributed by atoms with Crippen molar-refractivity contribution in [3.63, 3.8) is 0 Å². The number of carbonyl (C=O) groups is 2. The number of hydrogen-bond acceptors (Lipinski definition) is 5. The molecule has 0 fully saturated rings. The molecule has 0 rings (SSSR count). The van der Waals surface area contributed by atoms with E-state index in [1.165, 1.54) is 122 Å². The summed E-state index contributed by atoms with van der Waals surface area (Å²) >= 11 is 0. The molecule has 0 aromatic rings. The summed E-state index contributed by atoms with van der Waals surface area (Å²) < 4.78 is 10.3. The van der Waals surface area contributed by atoms with Crippen LogP contribution in [-0.4, -0.2) is 36.4 Å². The SMILES string of the molecule is CC(C)CCCCCCCCCCCCCCCCC(=O)OC[C@H](O)COC(=O)CCCCCCCCCCC(C)C. The molecule has 5 nitrogen and oxygen atoms in total. The van der Waals surface area contributed by atoms with Crippen LogP contribution in [0.25, 0.3) is 0 Å². The quantitative estimate of drug-likeness (QED) is 0.0617. The Labute approximate surface area is 261 Å². The first-order valence-electron chi connectivity index (χ1n) is 18.3. The van der Waals surface area contributed by atoms with Crippen LogP contribution in [0.4, 0.5) is 0 Å². The molecule has 0 aliphatic rings. The van der Waals surface area contributed by atoms with Gasteiger partial charge >= 0.3 is 11.9 Å². The third-order valence-corrected chi connectivity index (χ3v) is 8.20. The molecule has 0 bridgehead atoms. The second-order valence-corrected chi connectivity index (χ2v) is 13.7. The number of aliphatic hydroxyl groups is 1. The Morgan fingerprint density at radius 3 is 0.929 bits per heavy atom. The number of carbonyl (C=O) groups excluding carboxylic acids is 2. The first-order chi connectivity index (χ1) is 20.3. The van der Waals surface area contributed by atoms with Crippen LogP contribution in [0.3, 0.4) is 0 Å². The van der Waals surface area contributed by atoms with Gasteiger partial charge < -0.3 is 14.6 Å². The second kappa shape index (κ2) is 31.3. The zero-order valence-electron chi connectivity index (χ0n) is 28.6. The molecule has 5 heteroatoms. The maximum atomic E-state index is 11.9. The minimum absolute atomic E-state index is 0.110. The third kappa shape index (κ3) is 33.4. The molecule has 0 aliphatic heterocycles. The number of hydrogen-bond donors (Lipinski definition) is 1. The molecular weight excluding hydrogens is 524 g/mol. The standard InChI is InChI=1S/C37H72O5/c1-33(2)27-23-19-15-11-9-7-5-6-8-10-12-17-21-25-29-36(39)41-31-35(38)32-42-37(40)30-26-22-18-14-13-16-20-24-28-34(3)4/h33-35,38H,5-32H2,1-4H3/t35-/m0/s1. The van der Waals surface area contributed by atoms with Crippen molar-refractivity contribution >= 4 is 11.9 Å². The summed E-state index contributed by atoms with van der Waals surface area (Å²) in [7, 11) is 0. The summed E-state index contributed by atoms with van der Waals surface area (Å²) in [6, 6.07) is 0. The highest BCUT2D eigenvalue weighted by Gasteiger charge is 2.12. The normalized spacial score (nSPS) is 12.3. The van der Waals surface area contributed by atoms with E-state index in [1.807, 2.05) is 0 Å². The topological polar surface area (TPSA) is 72.8 Å². The van der Waals surface area contributed by atoms with Gasteiger partial charge in [-0.3, -0.25) is 9.59 Å². The highest BCUT2D eigenvalue weighted by molar-refractivity contribution is 5.69. The van der Waals surface area contributed by atoms with Crippen LogP contribution in [-0.2, 0) is 19.1 Å². The maximum Gasteiger partial charge on any atom is 0.305 e. The number of rotatable bonds is 32. The summed E-state index contributed by atoms with van der Waals surface area (Å²) in [5.41, 5.74) is 0. The van der Waals surface area contributed by atoms with Gasteiger partial charge in [0.15, 0.2) is 0 Å². The number of unbranched alkanes of at least 4 members (excludes halogenated alkanes) is 20. The van der Waals surface area contributed by atoms with E-state index in [0.29, 0.717) is 12.8 Å². The predicted octanol–water partition coefficient (Wildman–Crippen LogP) is 10.9. The number of esters is 2. The molecule has 250 valence electrons. The van der Waals surface area contributed by atoms with Gasteiger partial charge in [-0.25, -0.2) is 0 Å². The zero-order valence-corrected chi connectivity index (χ0v) is 28.6. The Balaban J connectivity index is 3.39. The van der Waals surface area contributed by atoms with Gasteiger partial charge in [-0.1, -0.05) is 169 Å². The van der Waals surface area contributed by atoms with E-state index in [1.54, 1.807) is 0 Å². The molecule has 0 heterocycles.